The lowest BCUT2D eigenvalue weighted by Crippen LogP contribution is -2.38. The van der Waals surface area contributed by atoms with E-state index in [0.717, 1.165) is 5.52 Å². The van der Waals surface area contributed by atoms with E-state index in [4.69, 9.17) is 0 Å². The SMILES string of the molecule is O=C(Nc1ccc2[nH]c(-c3cscn3)nc2c1)N(CCOC(=O)C(F)(F)F)c1ccccc1. The summed E-state index contributed by atoms with van der Waals surface area (Å²) in [6.45, 7) is -0.910. The smallest absolute Gasteiger partial charge is 0.457 e. The fraction of sp³-hybridized carbons (Fsp3) is 0.143. The highest BCUT2D eigenvalue weighted by atomic mass is 32.1. The minimum atomic E-state index is -5.10. The standard InChI is InChI=1S/C21H16F3N5O3S/c22-21(23,24)19(30)32-9-8-29(14-4-2-1-3-5-14)20(31)26-13-6-7-15-16(10-13)28-18(27-15)17-11-33-12-25-17/h1-7,10-12H,8-9H2,(H,26,31)(H,27,28). The van der Waals surface area contributed by atoms with Gasteiger partial charge < -0.3 is 15.0 Å². The van der Waals surface area contributed by atoms with E-state index >= 15 is 0 Å². The summed E-state index contributed by atoms with van der Waals surface area (Å²) in [5, 5.41) is 4.55. The fourth-order valence-electron chi connectivity index (χ4n) is 2.99. The third kappa shape index (κ3) is 5.29. The first-order chi connectivity index (χ1) is 15.8. The molecule has 2 amide bonds. The number of ether oxygens (including phenoxy) is 1. The van der Waals surface area contributed by atoms with Crippen LogP contribution in [0.2, 0.25) is 0 Å². The number of nitrogens with zero attached hydrogens (tertiary/aromatic N) is 3. The molecule has 0 saturated carbocycles. The number of anilines is 2. The molecule has 8 nitrogen and oxygen atoms in total. The Hall–Kier alpha value is -3.93. The molecule has 12 heteroatoms. The number of amides is 2. The number of hydrogen-bond acceptors (Lipinski definition) is 6. The number of carbonyl (C=O) groups excluding carboxylic acids is 2. The Bertz CT molecular complexity index is 1260. The molecule has 4 rings (SSSR count). The molecule has 2 heterocycles. The van der Waals surface area contributed by atoms with Gasteiger partial charge in [-0.15, -0.1) is 11.3 Å². The van der Waals surface area contributed by atoms with Crippen molar-refractivity contribution in [2.24, 2.45) is 0 Å². The van der Waals surface area contributed by atoms with Crippen LogP contribution in [-0.2, 0) is 9.53 Å². The lowest BCUT2D eigenvalue weighted by molar-refractivity contribution is -0.199. The molecule has 0 aliphatic heterocycles. The minimum absolute atomic E-state index is 0.281. The van der Waals surface area contributed by atoms with Gasteiger partial charge in [0.2, 0.25) is 0 Å². The van der Waals surface area contributed by atoms with E-state index in [9.17, 15) is 22.8 Å². The third-order valence-electron chi connectivity index (χ3n) is 4.50. The van der Waals surface area contributed by atoms with Gasteiger partial charge in [-0.3, -0.25) is 4.90 Å². The molecule has 2 aromatic heterocycles. The molecular formula is C21H16F3N5O3S. The number of halogens is 3. The summed E-state index contributed by atoms with van der Waals surface area (Å²) in [7, 11) is 0. The van der Waals surface area contributed by atoms with Crippen LogP contribution in [0.1, 0.15) is 0 Å². The number of urea groups is 1. The van der Waals surface area contributed by atoms with Crippen LogP contribution in [0.5, 0.6) is 0 Å². The van der Waals surface area contributed by atoms with Crippen LogP contribution in [0.4, 0.5) is 29.3 Å². The number of carbonyl (C=O) groups is 2. The number of para-hydroxylation sites is 1. The van der Waals surface area contributed by atoms with Crippen molar-refractivity contribution in [3.63, 3.8) is 0 Å². The first-order valence-corrected chi connectivity index (χ1v) is 10.5. The number of hydrogen-bond donors (Lipinski definition) is 2. The molecule has 0 atom stereocenters. The van der Waals surface area contributed by atoms with Gasteiger partial charge in [0.15, 0.2) is 5.82 Å². The van der Waals surface area contributed by atoms with Crippen molar-refractivity contribution in [3.05, 3.63) is 59.4 Å². The predicted molar refractivity (Wildman–Crippen MR) is 117 cm³/mol. The second kappa shape index (κ2) is 9.28. The maximum atomic E-state index is 12.9. The van der Waals surface area contributed by atoms with Crippen LogP contribution in [-0.4, -0.2) is 46.3 Å². The van der Waals surface area contributed by atoms with Crippen LogP contribution >= 0.6 is 11.3 Å². The van der Waals surface area contributed by atoms with E-state index in [2.05, 4.69) is 25.0 Å². The normalized spacial score (nSPS) is 11.4. The summed E-state index contributed by atoms with van der Waals surface area (Å²) in [4.78, 5) is 36.9. The van der Waals surface area contributed by atoms with Crippen molar-refractivity contribution in [3.8, 4) is 11.5 Å². The molecule has 0 fully saturated rings. The number of benzene rings is 2. The predicted octanol–water partition coefficient (Wildman–Crippen LogP) is 4.83. The number of thiazole rings is 1. The molecule has 0 bridgehead atoms. The Morgan fingerprint density at radius 1 is 1.15 bits per heavy atom. The Labute approximate surface area is 189 Å². The summed E-state index contributed by atoms with van der Waals surface area (Å²) >= 11 is 1.44. The summed E-state index contributed by atoms with van der Waals surface area (Å²) in [6, 6.07) is 12.8. The van der Waals surface area contributed by atoms with Crippen molar-refractivity contribution in [1.29, 1.82) is 0 Å². The minimum Gasteiger partial charge on any atom is -0.457 e. The summed E-state index contributed by atoms with van der Waals surface area (Å²) in [6.07, 6.45) is -5.10. The van der Waals surface area contributed by atoms with E-state index in [1.807, 2.05) is 5.38 Å². The molecule has 170 valence electrons. The number of imidazole rings is 1. The van der Waals surface area contributed by atoms with Crippen molar-refractivity contribution in [2.45, 2.75) is 6.18 Å². The number of aromatic amines is 1. The van der Waals surface area contributed by atoms with Gasteiger partial charge >= 0.3 is 18.2 Å². The van der Waals surface area contributed by atoms with Crippen molar-refractivity contribution < 1.29 is 27.5 Å². The molecule has 4 aromatic rings. The highest BCUT2D eigenvalue weighted by Gasteiger charge is 2.40. The molecule has 0 aliphatic rings. The first-order valence-electron chi connectivity index (χ1n) is 9.57. The largest absolute Gasteiger partial charge is 0.490 e. The lowest BCUT2D eigenvalue weighted by atomic mass is 10.2. The molecule has 0 unspecified atom stereocenters. The van der Waals surface area contributed by atoms with Gasteiger partial charge in [-0.25, -0.2) is 19.6 Å². The summed E-state index contributed by atoms with van der Waals surface area (Å²) < 4.78 is 41.4. The fourth-order valence-corrected chi connectivity index (χ4v) is 3.53. The van der Waals surface area contributed by atoms with Gasteiger partial charge in [0.05, 0.1) is 23.1 Å². The van der Waals surface area contributed by atoms with E-state index in [1.165, 1.54) is 16.2 Å². The highest BCUT2D eigenvalue weighted by Crippen LogP contribution is 2.24. The number of fused-ring (bicyclic) bond motifs is 1. The van der Waals surface area contributed by atoms with Gasteiger partial charge in [-0.05, 0) is 30.3 Å². The molecule has 2 N–H and O–H groups in total. The zero-order chi connectivity index (χ0) is 23.4. The molecule has 0 saturated heterocycles. The van der Waals surface area contributed by atoms with Gasteiger partial charge in [0.1, 0.15) is 12.3 Å². The second-order valence-corrected chi connectivity index (χ2v) is 7.46. The average molecular weight is 475 g/mol. The number of nitrogens with one attached hydrogen (secondary N) is 2. The van der Waals surface area contributed by atoms with Crippen LogP contribution < -0.4 is 10.2 Å². The second-order valence-electron chi connectivity index (χ2n) is 6.74. The topological polar surface area (TPSA) is 100 Å². The first kappa shape index (κ1) is 22.3. The lowest BCUT2D eigenvalue weighted by Gasteiger charge is -2.23. The average Bonchev–Trinajstić information content (AvgIpc) is 3.46. The van der Waals surface area contributed by atoms with E-state index in [0.29, 0.717) is 28.4 Å². The van der Waals surface area contributed by atoms with Crippen LogP contribution in [0.3, 0.4) is 0 Å². The van der Waals surface area contributed by atoms with E-state index in [-0.39, 0.29) is 6.54 Å². The maximum Gasteiger partial charge on any atom is 0.490 e. The van der Waals surface area contributed by atoms with Crippen LogP contribution in [0.15, 0.2) is 59.4 Å². The van der Waals surface area contributed by atoms with Gasteiger partial charge in [-0.2, -0.15) is 13.2 Å². The van der Waals surface area contributed by atoms with Gasteiger partial charge in [0, 0.05) is 16.8 Å². The van der Waals surface area contributed by atoms with Crippen LogP contribution in [0, 0.1) is 0 Å². The third-order valence-corrected chi connectivity index (χ3v) is 5.09. The number of H-pyrrole nitrogens is 1. The molecule has 33 heavy (non-hydrogen) atoms. The van der Waals surface area contributed by atoms with Crippen molar-refractivity contribution in [2.75, 3.05) is 23.4 Å². The summed E-state index contributed by atoms with van der Waals surface area (Å²) in [5.74, 6) is -1.72. The zero-order valence-electron chi connectivity index (χ0n) is 16.8. The Morgan fingerprint density at radius 2 is 1.94 bits per heavy atom. The summed E-state index contributed by atoms with van der Waals surface area (Å²) in [5.41, 5.74) is 4.58. The Balaban J connectivity index is 1.50. The van der Waals surface area contributed by atoms with E-state index < -0.39 is 24.8 Å². The van der Waals surface area contributed by atoms with Crippen molar-refractivity contribution >= 4 is 45.7 Å². The zero-order valence-corrected chi connectivity index (χ0v) is 17.6. The highest BCUT2D eigenvalue weighted by molar-refractivity contribution is 7.07. The molecular weight excluding hydrogens is 459 g/mol. The molecule has 0 radical (unpaired) electrons. The van der Waals surface area contributed by atoms with Crippen molar-refractivity contribution in [1.82, 2.24) is 15.0 Å². The quantitative estimate of drug-likeness (QED) is 0.389. The monoisotopic (exact) mass is 475 g/mol. The number of rotatable bonds is 6. The number of esters is 1. The molecule has 0 aliphatic carbocycles. The maximum absolute atomic E-state index is 12.9. The Kier molecular flexibility index (Phi) is 6.27. The Morgan fingerprint density at radius 3 is 2.64 bits per heavy atom. The van der Waals surface area contributed by atoms with E-state index in [1.54, 1.807) is 54.0 Å². The van der Waals surface area contributed by atoms with Gasteiger partial charge in [-0.1, -0.05) is 18.2 Å². The van der Waals surface area contributed by atoms with Gasteiger partial charge in [0.25, 0.3) is 0 Å². The molecule has 2 aromatic carbocycles. The van der Waals surface area contributed by atoms with Crippen LogP contribution in [0.25, 0.3) is 22.6 Å². The number of aromatic nitrogens is 3. The number of alkyl halides is 3. The molecule has 0 spiro atoms.